The smallest absolute Gasteiger partial charge is 0.130 e. The van der Waals surface area contributed by atoms with Crippen LogP contribution in [0.3, 0.4) is 0 Å². The molecule has 0 aliphatic heterocycles. The van der Waals surface area contributed by atoms with Crippen LogP contribution in [-0.2, 0) is 0 Å². The van der Waals surface area contributed by atoms with Crippen molar-refractivity contribution in [3.8, 4) is 0 Å². The number of fused-ring (bicyclic) bond motifs is 1. The van der Waals surface area contributed by atoms with E-state index >= 15 is 0 Å². The largest absolute Gasteiger partial charge is 0.340 e. The van der Waals surface area contributed by atoms with Gasteiger partial charge < -0.3 is 5.32 Å². The van der Waals surface area contributed by atoms with E-state index in [-0.39, 0.29) is 0 Å². The van der Waals surface area contributed by atoms with Gasteiger partial charge in [-0.25, -0.2) is 4.98 Å². The number of anilines is 2. The predicted molar refractivity (Wildman–Crippen MR) is 74.0 cm³/mol. The van der Waals surface area contributed by atoms with E-state index in [1.54, 1.807) is 6.20 Å². The van der Waals surface area contributed by atoms with Gasteiger partial charge in [0, 0.05) is 23.0 Å². The fraction of sp³-hybridized carbons (Fsp3) is 0.0667. The van der Waals surface area contributed by atoms with Crippen molar-refractivity contribution in [1.29, 1.82) is 0 Å². The number of pyridine rings is 2. The van der Waals surface area contributed by atoms with Crippen LogP contribution < -0.4 is 5.32 Å². The molecular weight excluding hydrogens is 222 g/mol. The van der Waals surface area contributed by atoms with Gasteiger partial charge in [-0.1, -0.05) is 12.1 Å². The van der Waals surface area contributed by atoms with Crippen LogP contribution in [-0.4, -0.2) is 9.97 Å². The average molecular weight is 235 g/mol. The Morgan fingerprint density at radius 2 is 1.94 bits per heavy atom. The first-order valence-electron chi connectivity index (χ1n) is 5.87. The van der Waals surface area contributed by atoms with Crippen LogP contribution in [0.2, 0.25) is 0 Å². The molecule has 0 bridgehead atoms. The fourth-order valence-corrected chi connectivity index (χ4v) is 1.91. The minimum Gasteiger partial charge on any atom is -0.340 e. The molecule has 2 heterocycles. The van der Waals surface area contributed by atoms with Crippen molar-refractivity contribution in [2.24, 2.45) is 0 Å². The number of nitrogens with one attached hydrogen (secondary N) is 1. The molecule has 0 spiro atoms. The van der Waals surface area contributed by atoms with E-state index in [9.17, 15) is 0 Å². The lowest BCUT2D eigenvalue weighted by Crippen LogP contribution is -1.94. The van der Waals surface area contributed by atoms with Gasteiger partial charge >= 0.3 is 0 Å². The summed E-state index contributed by atoms with van der Waals surface area (Å²) in [6, 6.07) is 16.0. The Bertz CT molecular complexity index is 692. The van der Waals surface area contributed by atoms with E-state index in [1.807, 2.05) is 43.3 Å². The molecular formula is C15H13N3. The first kappa shape index (κ1) is 10.7. The maximum absolute atomic E-state index is 4.42. The van der Waals surface area contributed by atoms with Gasteiger partial charge in [-0.15, -0.1) is 0 Å². The number of aromatic nitrogens is 2. The molecule has 88 valence electrons. The molecule has 1 N–H and O–H groups in total. The van der Waals surface area contributed by atoms with E-state index in [4.69, 9.17) is 0 Å². The summed E-state index contributed by atoms with van der Waals surface area (Å²) >= 11 is 0. The minimum atomic E-state index is 0.859. The van der Waals surface area contributed by atoms with Crippen molar-refractivity contribution >= 4 is 22.4 Å². The van der Waals surface area contributed by atoms with Crippen LogP contribution in [0.5, 0.6) is 0 Å². The first-order chi connectivity index (χ1) is 8.81. The van der Waals surface area contributed by atoms with E-state index in [1.165, 1.54) is 0 Å². The standard InChI is InChI=1S/C15H13N3/c1-11-4-2-6-15(17-11)18-13-7-8-14-12(10-13)5-3-9-16-14/h2-10H,1H3,(H,17,18). The summed E-state index contributed by atoms with van der Waals surface area (Å²) in [7, 11) is 0. The highest BCUT2D eigenvalue weighted by Crippen LogP contribution is 2.20. The van der Waals surface area contributed by atoms with Crippen LogP contribution in [0.15, 0.2) is 54.7 Å². The third-order valence-corrected chi connectivity index (χ3v) is 2.76. The van der Waals surface area contributed by atoms with Gasteiger partial charge in [0.2, 0.25) is 0 Å². The van der Waals surface area contributed by atoms with Gasteiger partial charge in [-0.05, 0) is 43.3 Å². The Hall–Kier alpha value is -2.42. The molecule has 0 amide bonds. The lowest BCUT2D eigenvalue weighted by molar-refractivity contribution is 1.20. The minimum absolute atomic E-state index is 0.859. The van der Waals surface area contributed by atoms with Crippen LogP contribution in [0.25, 0.3) is 10.9 Å². The molecule has 3 aromatic rings. The molecule has 2 aromatic heterocycles. The first-order valence-corrected chi connectivity index (χ1v) is 5.87. The highest BCUT2D eigenvalue weighted by Gasteiger charge is 1.98. The summed E-state index contributed by atoms with van der Waals surface area (Å²) in [5.74, 6) is 0.859. The van der Waals surface area contributed by atoms with Gasteiger partial charge in [-0.2, -0.15) is 0 Å². The Balaban J connectivity index is 1.95. The van der Waals surface area contributed by atoms with E-state index < -0.39 is 0 Å². The highest BCUT2D eigenvalue weighted by atomic mass is 15.0. The second-order valence-electron chi connectivity index (χ2n) is 4.20. The normalized spacial score (nSPS) is 10.5. The van der Waals surface area contributed by atoms with Crippen molar-refractivity contribution in [1.82, 2.24) is 9.97 Å². The van der Waals surface area contributed by atoms with Gasteiger partial charge in [0.25, 0.3) is 0 Å². The Kier molecular flexibility index (Phi) is 2.65. The Morgan fingerprint density at radius 3 is 2.83 bits per heavy atom. The van der Waals surface area contributed by atoms with Crippen molar-refractivity contribution in [2.75, 3.05) is 5.32 Å². The van der Waals surface area contributed by atoms with Crippen LogP contribution in [0.4, 0.5) is 11.5 Å². The third-order valence-electron chi connectivity index (χ3n) is 2.76. The van der Waals surface area contributed by atoms with E-state index in [0.29, 0.717) is 0 Å². The van der Waals surface area contributed by atoms with Crippen molar-refractivity contribution in [3.63, 3.8) is 0 Å². The molecule has 18 heavy (non-hydrogen) atoms. The Labute approximate surface area is 106 Å². The lowest BCUT2D eigenvalue weighted by Gasteiger charge is -2.07. The fourth-order valence-electron chi connectivity index (χ4n) is 1.91. The molecule has 0 atom stereocenters. The average Bonchev–Trinajstić information content (AvgIpc) is 2.39. The second-order valence-corrected chi connectivity index (χ2v) is 4.20. The second kappa shape index (κ2) is 4.45. The SMILES string of the molecule is Cc1cccc(Nc2ccc3ncccc3c2)n1. The number of aryl methyl sites for hydroxylation is 1. The van der Waals surface area contributed by atoms with Gasteiger partial charge in [0.05, 0.1) is 5.52 Å². The van der Waals surface area contributed by atoms with Crippen LogP contribution >= 0.6 is 0 Å². The lowest BCUT2D eigenvalue weighted by atomic mass is 10.2. The molecule has 0 radical (unpaired) electrons. The van der Waals surface area contributed by atoms with Crippen LogP contribution in [0, 0.1) is 6.92 Å². The monoisotopic (exact) mass is 235 g/mol. The number of hydrogen-bond donors (Lipinski definition) is 1. The highest BCUT2D eigenvalue weighted by molar-refractivity contribution is 5.82. The summed E-state index contributed by atoms with van der Waals surface area (Å²) in [5, 5.41) is 4.42. The summed E-state index contributed by atoms with van der Waals surface area (Å²) in [5.41, 5.74) is 3.02. The summed E-state index contributed by atoms with van der Waals surface area (Å²) in [4.78, 5) is 8.72. The zero-order valence-electron chi connectivity index (χ0n) is 10.1. The van der Waals surface area contributed by atoms with E-state index in [0.717, 1.165) is 28.1 Å². The molecule has 1 aromatic carbocycles. The molecule has 0 saturated carbocycles. The number of benzene rings is 1. The number of nitrogens with zero attached hydrogens (tertiary/aromatic N) is 2. The maximum atomic E-state index is 4.42. The van der Waals surface area contributed by atoms with Crippen molar-refractivity contribution < 1.29 is 0 Å². The van der Waals surface area contributed by atoms with Crippen LogP contribution in [0.1, 0.15) is 5.69 Å². The zero-order chi connectivity index (χ0) is 12.4. The quantitative estimate of drug-likeness (QED) is 0.736. The molecule has 3 heteroatoms. The third kappa shape index (κ3) is 2.15. The molecule has 0 saturated heterocycles. The van der Waals surface area contributed by atoms with Crippen molar-refractivity contribution in [3.05, 3.63) is 60.4 Å². The molecule has 0 fully saturated rings. The molecule has 0 aliphatic carbocycles. The predicted octanol–water partition coefficient (Wildman–Crippen LogP) is 3.68. The number of hydrogen-bond acceptors (Lipinski definition) is 3. The number of rotatable bonds is 2. The summed E-state index contributed by atoms with van der Waals surface area (Å²) in [6.45, 7) is 1.98. The van der Waals surface area contributed by atoms with Crippen molar-refractivity contribution in [2.45, 2.75) is 6.92 Å². The van der Waals surface area contributed by atoms with E-state index in [2.05, 4.69) is 27.4 Å². The maximum Gasteiger partial charge on any atom is 0.130 e. The van der Waals surface area contributed by atoms with Gasteiger partial charge in [-0.3, -0.25) is 4.98 Å². The zero-order valence-corrected chi connectivity index (χ0v) is 10.1. The Morgan fingerprint density at radius 1 is 1.00 bits per heavy atom. The topological polar surface area (TPSA) is 37.8 Å². The summed E-state index contributed by atoms with van der Waals surface area (Å²) < 4.78 is 0. The molecule has 0 unspecified atom stereocenters. The van der Waals surface area contributed by atoms with Gasteiger partial charge in [0.15, 0.2) is 0 Å². The summed E-state index contributed by atoms with van der Waals surface area (Å²) in [6.07, 6.45) is 1.80. The molecule has 3 rings (SSSR count). The van der Waals surface area contributed by atoms with Gasteiger partial charge in [0.1, 0.15) is 5.82 Å². The molecule has 0 aliphatic rings. The molecule has 3 nitrogen and oxygen atoms in total.